The molecule has 0 bridgehead atoms. The van der Waals surface area contributed by atoms with Gasteiger partial charge in [-0.05, 0) is 24.4 Å². The summed E-state index contributed by atoms with van der Waals surface area (Å²) < 4.78 is 5.13. The van der Waals surface area contributed by atoms with E-state index in [1.54, 1.807) is 25.1 Å². The molecule has 5 nitrogen and oxygen atoms in total. The summed E-state index contributed by atoms with van der Waals surface area (Å²) in [6, 6.07) is 12.7. The third kappa shape index (κ3) is 1.75. The molecule has 0 spiro atoms. The highest BCUT2D eigenvalue weighted by Gasteiger charge is 2.33. The maximum Gasteiger partial charge on any atom is 0.261 e. The van der Waals surface area contributed by atoms with Crippen molar-refractivity contribution in [3.63, 3.8) is 0 Å². The van der Waals surface area contributed by atoms with Gasteiger partial charge in [0.2, 0.25) is 0 Å². The normalized spacial score (nSPS) is 14.0. The van der Waals surface area contributed by atoms with Crippen LogP contribution in [0.1, 0.15) is 32.2 Å². The average Bonchev–Trinajstić information content (AvgIpc) is 2.94. The van der Waals surface area contributed by atoms with Crippen molar-refractivity contribution in [2.75, 3.05) is 0 Å². The highest BCUT2D eigenvalue weighted by molar-refractivity contribution is 6.25. The number of carbonyl (C=O) groups is 2. The topological polar surface area (TPSA) is 63.4 Å². The second kappa shape index (κ2) is 4.53. The van der Waals surface area contributed by atoms with E-state index in [0.29, 0.717) is 16.9 Å². The Morgan fingerprint density at radius 1 is 1.05 bits per heavy atom. The van der Waals surface area contributed by atoms with Crippen molar-refractivity contribution in [2.45, 2.75) is 13.5 Å². The summed E-state index contributed by atoms with van der Waals surface area (Å²) in [6.45, 7) is 1.88. The van der Waals surface area contributed by atoms with Gasteiger partial charge in [0.05, 0.1) is 12.2 Å². The molecule has 2 heterocycles. The maximum absolute atomic E-state index is 12.7. The minimum absolute atomic E-state index is 0.0865. The number of rotatable bonds is 2. The van der Waals surface area contributed by atoms with E-state index in [2.05, 4.69) is 5.16 Å². The van der Waals surface area contributed by atoms with Gasteiger partial charge in [-0.1, -0.05) is 29.4 Å². The van der Waals surface area contributed by atoms with Crippen molar-refractivity contribution in [2.24, 2.45) is 0 Å². The molecule has 0 N–H and O–H groups in total. The van der Waals surface area contributed by atoms with Gasteiger partial charge in [0.15, 0.2) is 5.76 Å². The highest BCUT2D eigenvalue weighted by Crippen LogP contribution is 2.30. The molecule has 5 heteroatoms. The number of hydrogen-bond acceptors (Lipinski definition) is 4. The molecular weight excluding hydrogens is 280 g/mol. The van der Waals surface area contributed by atoms with Crippen LogP contribution in [0.15, 0.2) is 47.0 Å². The van der Waals surface area contributed by atoms with Gasteiger partial charge in [0, 0.05) is 22.6 Å². The Kier molecular flexibility index (Phi) is 2.63. The van der Waals surface area contributed by atoms with Gasteiger partial charge in [0.25, 0.3) is 11.8 Å². The van der Waals surface area contributed by atoms with Gasteiger partial charge in [-0.3, -0.25) is 14.5 Å². The molecule has 4 rings (SSSR count). The van der Waals surface area contributed by atoms with Crippen LogP contribution in [0.3, 0.4) is 0 Å². The summed E-state index contributed by atoms with van der Waals surface area (Å²) in [6.07, 6.45) is 0. The second-order valence-corrected chi connectivity index (χ2v) is 5.34. The Bertz CT molecular complexity index is 876. The monoisotopic (exact) mass is 292 g/mol. The van der Waals surface area contributed by atoms with E-state index in [-0.39, 0.29) is 18.4 Å². The Labute approximate surface area is 126 Å². The largest absolute Gasteiger partial charge is 0.359 e. The van der Waals surface area contributed by atoms with Crippen LogP contribution in [0.5, 0.6) is 0 Å². The lowest BCUT2D eigenvalue weighted by molar-refractivity contribution is 0.0584. The van der Waals surface area contributed by atoms with Gasteiger partial charge in [-0.15, -0.1) is 0 Å². The maximum atomic E-state index is 12.7. The molecule has 2 aromatic carbocycles. The van der Waals surface area contributed by atoms with Crippen LogP contribution >= 0.6 is 0 Å². The van der Waals surface area contributed by atoms with Gasteiger partial charge in [-0.2, -0.15) is 0 Å². The van der Waals surface area contributed by atoms with Crippen molar-refractivity contribution in [3.05, 3.63) is 65.0 Å². The van der Waals surface area contributed by atoms with E-state index in [0.717, 1.165) is 16.5 Å². The summed E-state index contributed by atoms with van der Waals surface area (Å²) in [7, 11) is 0. The number of carbonyl (C=O) groups excluding carboxylic acids is 2. The quantitative estimate of drug-likeness (QED) is 0.681. The standard InChI is InChI=1S/C17H12N2O3/c1-10-8-12(22-18-10)9-19-16(20)13-6-2-4-11-5-3-7-14(15(11)13)17(19)21/h2-8H,9H2,1H3. The zero-order valence-corrected chi connectivity index (χ0v) is 11.9. The molecule has 0 aliphatic carbocycles. The number of benzene rings is 2. The van der Waals surface area contributed by atoms with Crippen LogP contribution in [-0.4, -0.2) is 21.9 Å². The minimum atomic E-state index is -0.302. The number of amides is 2. The molecule has 0 radical (unpaired) electrons. The predicted molar refractivity (Wildman–Crippen MR) is 79.4 cm³/mol. The molecule has 0 fully saturated rings. The van der Waals surface area contributed by atoms with Crippen LogP contribution in [0.25, 0.3) is 10.8 Å². The molecule has 0 saturated heterocycles. The van der Waals surface area contributed by atoms with Gasteiger partial charge < -0.3 is 4.52 Å². The molecule has 3 aromatic rings. The van der Waals surface area contributed by atoms with Crippen LogP contribution in [0.2, 0.25) is 0 Å². The smallest absolute Gasteiger partial charge is 0.261 e. The lowest BCUT2D eigenvalue weighted by Crippen LogP contribution is -2.39. The zero-order chi connectivity index (χ0) is 15.3. The summed E-state index contributed by atoms with van der Waals surface area (Å²) in [5, 5.41) is 5.41. The first-order chi connectivity index (χ1) is 10.6. The van der Waals surface area contributed by atoms with Crippen molar-refractivity contribution >= 4 is 22.6 Å². The number of aromatic nitrogens is 1. The number of aryl methyl sites for hydroxylation is 1. The molecule has 0 unspecified atom stereocenters. The van der Waals surface area contributed by atoms with Crippen LogP contribution in [0.4, 0.5) is 0 Å². The summed E-state index contributed by atoms with van der Waals surface area (Å²) in [5.74, 6) is -0.113. The predicted octanol–water partition coefficient (Wildman–Crippen LogP) is 2.93. The Morgan fingerprint density at radius 2 is 1.68 bits per heavy atom. The van der Waals surface area contributed by atoms with Crippen LogP contribution < -0.4 is 0 Å². The van der Waals surface area contributed by atoms with E-state index in [1.807, 2.05) is 24.3 Å². The molecule has 2 amide bonds. The van der Waals surface area contributed by atoms with Gasteiger partial charge in [-0.25, -0.2) is 0 Å². The molecular formula is C17H12N2O3. The van der Waals surface area contributed by atoms with Crippen molar-refractivity contribution in [1.82, 2.24) is 10.1 Å². The van der Waals surface area contributed by atoms with Gasteiger partial charge >= 0.3 is 0 Å². The van der Waals surface area contributed by atoms with Crippen molar-refractivity contribution in [3.8, 4) is 0 Å². The highest BCUT2D eigenvalue weighted by atomic mass is 16.5. The number of nitrogens with zero attached hydrogens (tertiary/aromatic N) is 2. The van der Waals surface area contributed by atoms with Crippen LogP contribution in [-0.2, 0) is 6.54 Å². The third-order valence-electron chi connectivity index (χ3n) is 3.85. The molecule has 1 aliphatic heterocycles. The van der Waals surface area contributed by atoms with E-state index >= 15 is 0 Å². The first kappa shape index (κ1) is 12.8. The summed E-state index contributed by atoms with van der Waals surface area (Å²) in [4.78, 5) is 26.5. The van der Waals surface area contributed by atoms with Crippen molar-refractivity contribution in [1.29, 1.82) is 0 Å². The molecule has 1 aliphatic rings. The zero-order valence-electron chi connectivity index (χ0n) is 11.9. The second-order valence-electron chi connectivity index (χ2n) is 5.34. The third-order valence-corrected chi connectivity index (χ3v) is 3.85. The molecule has 0 saturated carbocycles. The fraction of sp³-hybridized carbons (Fsp3) is 0.118. The minimum Gasteiger partial charge on any atom is -0.359 e. The average molecular weight is 292 g/mol. The summed E-state index contributed by atoms with van der Waals surface area (Å²) in [5.41, 5.74) is 1.81. The Hall–Kier alpha value is -2.95. The Morgan fingerprint density at radius 3 is 2.23 bits per heavy atom. The van der Waals surface area contributed by atoms with E-state index in [9.17, 15) is 9.59 Å². The molecule has 108 valence electrons. The molecule has 22 heavy (non-hydrogen) atoms. The first-order valence-corrected chi connectivity index (χ1v) is 6.95. The fourth-order valence-electron chi connectivity index (χ4n) is 2.87. The van der Waals surface area contributed by atoms with Crippen LogP contribution in [0, 0.1) is 6.92 Å². The van der Waals surface area contributed by atoms with E-state index in [1.165, 1.54) is 4.90 Å². The first-order valence-electron chi connectivity index (χ1n) is 6.95. The van der Waals surface area contributed by atoms with E-state index in [4.69, 9.17) is 4.52 Å². The lowest BCUT2D eigenvalue weighted by Gasteiger charge is -2.26. The number of imide groups is 1. The fourth-order valence-corrected chi connectivity index (χ4v) is 2.87. The summed E-state index contributed by atoms with van der Waals surface area (Å²) >= 11 is 0. The Balaban J connectivity index is 1.85. The lowest BCUT2D eigenvalue weighted by atomic mass is 9.94. The number of hydrogen-bond donors (Lipinski definition) is 0. The van der Waals surface area contributed by atoms with E-state index < -0.39 is 0 Å². The van der Waals surface area contributed by atoms with Gasteiger partial charge in [0.1, 0.15) is 0 Å². The molecule has 0 atom stereocenters. The SMILES string of the molecule is Cc1cc(CN2C(=O)c3cccc4cccc(c34)C2=O)on1. The van der Waals surface area contributed by atoms with Crippen molar-refractivity contribution < 1.29 is 14.1 Å². The molecule has 1 aromatic heterocycles.